The zero-order chi connectivity index (χ0) is 21.5. The van der Waals surface area contributed by atoms with Crippen molar-refractivity contribution in [1.82, 2.24) is 10.1 Å². The Morgan fingerprint density at radius 3 is 2.50 bits per heavy atom. The van der Waals surface area contributed by atoms with Gasteiger partial charge in [0.05, 0.1) is 17.2 Å². The highest BCUT2D eigenvalue weighted by Gasteiger charge is 2.33. The second kappa shape index (κ2) is 7.47. The summed E-state index contributed by atoms with van der Waals surface area (Å²) < 4.78 is 47.4. The van der Waals surface area contributed by atoms with Crippen LogP contribution >= 0.6 is 0 Å². The van der Waals surface area contributed by atoms with Gasteiger partial charge in [-0.1, -0.05) is 28.5 Å². The summed E-state index contributed by atoms with van der Waals surface area (Å²) >= 11 is 0. The first-order chi connectivity index (χ1) is 14.2. The number of nitrogens with zero attached hydrogens (tertiary/aromatic N) is 3. The van der Waals surface area contributed by atoms with Gasteiger partial charge in [-0.2, -0.15) is 4.98 Å². The van der Waals surface area contributed by atoms with Gasteiger partial charge in [-0.05, 0) is 56.2 Å². The number of benzene rings is 2. The monoisotopic (exact) mass is 417 g/mol. The molecule has 9 heteroatoms. The Balaban J connectivity index is 1.64. The molecule has 0 amide bonds. The Labute approximate surface area is 170 Å². The minimum Gasteiger partial charge on any atom is -0.405 e. The van der Waals surface area contributed by atoms with Gasteiger partial charge in [-0.3, -0.25) is 0 Å². The smallest absolute Gasteiger partial charge is 0.405 e. The molecule has 2 unspecified atom stereocenters. The zero-order valence-corrected chi connectivity index (χ0v) is 16.4. The molecule has 1 aliphatic heterocycles. The molecule has 0 spiro atoms. The summed E-state index contributed by atoms with van der Waals surface area (Å²) in [6.07, 6.45) is -4.88. The molecule has 2 aromatic carbocycles. The number of ether oxygens (including phenoxy) is 1. The first-order valence-corrected chi connectivity index (χ1v) is 9.23. The van der Waals surface area contributed by atoms with Crippen molar-refractivity contribution < 1.29 is 27.3 Å². The van der Waals surface area contributed by atoms with Gasteiger partial charge < -0.3 is 14.1 Å². The average Bonchev–Trinajstić information content (AvgIpc) is 3.28. The van der Waals surface area contributed by atoms with E-state index in [-0.39, 0.29) is 29.3 Å². The maximum atomic E-state index is 12.7. The molecule has 2 atom stereocenters. The molecule has 0 aliphatic carbocycles. The molecule has 0 fully saturated rings. The highest BCUT2D eigenvalue weighted by Crippen LogP contribution is 2.35. The topological polar surface area (TPSA) is 69.7 Å². The van der Waals surface area contributed by atoms with Crippen LogP contribution < -0.4 is 4.74 Å². The largest absolute Gasteiger partial charge is 0.573 e. The molecule has 1 aromatic heterocycles. The van der Waals surface area contributed by atoms with Crippen molar-refractivity contribution >= 4 is 5.71 Å². The normalized spacial score (nSPS) is 18.8. The van der Waals surface area contributed by atoms with Gasteiger partial charge in [0.15, 0.2) is 0 Å². The molecule has 6 nitrogen and oxygen atoms in total. The predicted octanol–water partition coefficient (Wildman–Crippen LogP) is 5.49. The van der Waals surface area contributed by atoms with E-state index in [2.05, 4.69) is 20.0 Å². The summed E-state index contributed by atoms with van der Waals surface area (Å²) in [4.78, 5) is 9.62. The maximum Gasteiger partial charge on any atom is 0.573 e. The lowest BCUT2D eigenvalue weighted by Gasteiger charge is -2.17. The van der Waals surface area contributed by atoms with Gasteiger partial charge in [0.25, 0.3) is 5.89 Å². The van der Waals surface area contributed by atoms with Crippen LogP contribution in [0.1, 0.15) is 30.9 Å². The fourth-order valence-electron chi connectivity index (χ4n) is 3.57. The molecule has 3 aromatic rings. The number of halogens is 3. The molecule has 0 bridgehead atoms. The zero-order valence-electron chi connectivity index (χ0n) is 16.4. The number of hydrogen-bond acceptors (Lipinski definition) is 6. The van der Waals surface area contributed by atoms with Gasteiger partial charge in [0.2, 0.25) is 5.82 Å². The lowest BCUT2D eigenvalue weighted by molar-refractivity contribution is -0.274. The van der Waals surface area contributed by atoms with Gasteiger partial charge in [0, 0.05) is 5.56 Å². The van der Waals surface area contributed by atoms with E-state index in [1.54, 1.807) is 6.07 Å². The maximum absolute atomic E-state index is 12.7. The standard InChI is InChI=1S/C21H18F3N3O3/c1-11-10-14(8-9-15(11)18-12(2)26-29-13(18)3)20-25-19(27-30-20)16-6-4-5-7-17(16)28-21(22,23)24/h4-10,13,18H,1-3H3. The quantitative estimate of drug-likeness (QED) is 0.562. The predicted molar refractivity (Wildman–Crippen MR) is 103 cm³/mol. The summed E-state index contributed by atoms with van der Waals surface area (Å²) in [6.45, 7) is 5.84. The molecular weight excluding hydrogens is 399 g/mol. The number of oxime groups is 1. The number of hydrogen-bond donors (Lipinski definition) is 0. The molecule has 30 heavy (non-hydrogen) atoms. The van der Waals surface area contributed by atoms with Crippen LogP contribution in [0, 0.1) is 6.92 Å². The van der Waals surface area contributed by atoms with Crippen molar-refractivity contribution in [3.8, 4) is 28.6 Å². The van der Waals surface area contributed by atoms with Crippen LogP contribution in [0.4, 0.5) is 13.2 Å². The van der Waals surface area contributed by atoms with Crippen molar-refractivity contribution in [3.63, 3.8) is 0 Å². The molecule has 1 aliphatic rings. The molecule has 0 N–H and O–H groups in total. The second-order valence-corrected chi connectivity index (χ2v) is 7.06. The molecule has 156 valence electrons. The van der Waals surface area contributed by atoms with E-state index in [0.717, 1.165) is 16.8 Å². The number of alkyl halides is 3. The third kappa shape index (κ3) is 3.87. The van der Waals surface area contributed by atoms with E-state index in [4.69, 9.17) is 9.36 Å². The number of para-hydroxylation sites is 1. The minimum absolute atomic E-state index is 0.00683. The van der Waals surface area contributed by atoms with E-state index in [0.29, 0.717) is 5.56 Å². The van der Waals surface area contributed by atoms with Crippen LogP contribution in [0.25, 0.3) is 22.8 Å². The SMILES string of the molecule is CC1=NOC(C)C1c1ccc(-c2nc(-c3ccccc3OC(F)(F)F)no2)cc1C. The van der Waals surface area contributed by atoms with E-state index in [1.165, 1.54) is 18.2 Å². The fraction of sp³-hybridized carbons (Fsp3) is 0.286. The first kappa shape index (κ1) is 19.9. The Morgan fingerprint density at radius 2 is 1.83 bits per heavy atom. The van der Waals surface area contributed by atoms with Crippen LogP contribution in [-0.2, 0) is 4.84 Å². The van der Waals surface area contributed by atoms with Crippen LogP contribution in [0.3, 0.4) is 0 Å². The first-order valence-electron chi connectivity index (χ1n) is 9.23. The number of rotatable bonds is 4. The molecule has 2 heterocycles. The third-order valence-corrected chi connectivity index (χ3v) is 4.91. The van der Waals surface area contributed by atoms with Crippen molar-refractivity contribution in [2.45, 2.75) is 39.2 Å². The molecular formula is C21H18F3N3O3. The second-order valence-electron chi connectivity index (χ2n) is 7.06. The van der Waals surface area contributed by atoms with Gasteiger partial charge >= 0.3 is 6.36 Å². The fourth-order valence-corrected chi connectivity index (χ4v) is 3.57. The summed E-state index contributed by atoms with van der Waals surface area (Å²) in [7, 11) is 0. The van der Waals surface area contributed by atoms with Crippen molar-refractivity contribution in [2.75, 3.05) is 0 Å². The lowest BCUT2D eigenvalue weighted by atomic mass is 9.87. The Morgan fingerprint density at radius 1 is 1.07 bits per heavy atom. The summed E-state index contributed by atoms with van der Waals surface area (Å²) in [6, 6.07) is 11.3. The van der Waals surface area contributed by atoms with Crippen molar-refractivity contribution in [1.29, 1.82) is 0 Å². The van der Waals surface area contributed by atoms with E-state index in [9.17, 15) is 13.2 Å². The highest BCUT2D eigenvalue weighted by molar-refractivity contribution is 5.90. The van der Waals surface area contributed by atoms with E-state index >= 15 is 0 Å². The van der Waals surface area contributed by atoms with Gasteiger partial charge in [-0.15, -0.1) is 13.2 Å². The van der Waals surface area contributed by atoms with Crippen LogP contribution in [-0.4, -0.2) is 28.3 Å². The van der Waals surface area contributed by atoms with Crippen LogP contribution in [0.2, 0.25) is 0 Å². The molecule has 0 radical (unpaired) electrons. The molecule has 0 saturated carbocycles. The van der Waals surface area contributed by atoms with Crippen molar-refractivity contribution in [3.05, 3.63) is 53.6 Å². The minimum atomic E-state index is -4.82. The van der Waals surface area contributed by atoms with Crippen LogP contribution in [0.5, 0.6) is 5.75 Å². The summed E-state index contributed by atoms with van der Waals surface area (Å²) in [5.74, 6) is -0.132. The third-order valence-electron chi connectivity index (χ3n) is 4.91. The Kier molecular flexibility index (Phi) is 4.97. The molecule has 0 saturated heterocycles. The van der Waals surface area contributed by atoms with E-state index < -0.39 is 12.1 Å². The summed E-state index contributed by atoms with van der Waals surface area (Å²) in [5, 5.41) is 7.89. The summed E-state index contributed by atoms with van der Waals surface area (Å²) in [5.41, 5.74) is 3.71. The number of aromatic nitrogens is 2. The van der Waals surface area contributed by atoms with Gasteiger partial charge in [-0.25, -0.2) is 0 Å². The van der Waals surface area contributed by atoms with E-state index in [1.807, 2.05) is 39.0 Å². The van der Waals surface area contributed by atoms with Crippen molar-refractivity contribution in [2.24, 2.45) is 5.16 Å². The van der Waals surface area contributed by atoms with Gasteiger partial charge in [0.1, 0.15) is 11.9 Å². The Hall–Kier alpha value is -3.36. The number of aryl methyl sites for hydroxylation is 1. The lowest BCUT2D eigenvalue weighted by Crippen LogP contribution is -2.17. The molecule has 4 rings (SSSR count). The Bertz CT molecular complexity index is 1110. The highest BCUT2D eigenvalue weighted by atomic mass is 19.4. The average molecular weight is 417 g/mol. The van der Waals surface area contributed by atoms with Crippen LogP contribution in [0.15, 0.2) is 52.1 Å².